The molecule has 0 saturated heterocycles. The van der Waals surface area contributed by atoms with Crippen molar-refractivity contribution in [3.63, 3.8) is 0 Å². The third kappa shape index (κ3) is 4.37. The van der Waals surface area contributed by atoms with Gasteiger partial charge in [0.05, 0.1) is 0 Å². The maximum atomic E-state index is 5.91. The van der Waals surface area contributed by atoms with Crippen molar-refractivity contribution in [1.82, 2.24) is 10.3 Å². The standard InChI is InChI=1S/C12H19ClN2O/c1-3-10(4-2)14-8-9-16-12-11(13)6-5-7-15-12/h5-7,10,14H,3-4,8-9H2,1-2H3. The summed E-state index contributed by atoms with van der Waals surface area (Å²) in [5.74, 6) is 0.510. The second kappa shape index (κ2) is 7.47. The summed E-state index contributed by atoms with van der Waals surface area (Å²) in [6, 6.07) is 4.14. The minimum atomic E-state index is 0.510. The van der Waals surface area contributed by atoms with E-state index >= 15 is 0 Å². The molecule has 0 saturated carbocycles. The summed E-state index contributed by atoms with van der Waals surface area (Å²) in [5, 5.41) is 3.97. The fourth-order valence-corrected chi connectivity index (χ4v) is 1.64. The van der Waals surface area contributed by atoms with Gasteiger partial charge in [-0.1, -0.05) is 25.4 Å². The average molecular weight is 243 g/mol. The lowest BCUT2D eigenvalue weighted by molar-refractivity contribution is 0.292. The molecule has 0 unspecified atom stereocenters. The highest BCUT2D eigenvalue weighted by Gasteiger charge is 2.03. The fourth-order valence-electron chi connectivity index (χ4n) is 1.47. The molecule has 1 heterocycles. The van der Waals surface area contributed by atoms with Gasteiger partial charge in [0, 0.05) is 18.8 Å². The number of halogens is 1. The summed E-state index contributed by atoms with van der Waals surface area (Å²) in [5.41, 5.74) is 0. The summed E-state index contributed by atoms with van der Waals surface area (Å²) in [4.78, 5) is 4.05. The number of hydrogen-bond acceptors (Lipinski definition) is 3. The smallest absolute Gasteiger partial charge is 0.232 e. The first-order valence-corrected chi connectivity index (χ1v) is 6.12. The van der Waals surface area contributed by atoms with Gasteiger partial charge in [0.15, 0.2) is 0 Å². The van der Waals surface area contributed by atoms with Crippen LogP contribution in [0, 0.1) is 0 Å². The number of aromatic nitrogens is 1. The average Bonchev–Trinajstić information content (AvgIpc) is 2.31. The van der Waals surface area contributed by atoms with E-state index in [1.165, 1.54) is 0 Å². The van der Waals surface area contributed by atoms with Crippen molar-refractivity contribution < 1.29 is 4.74 Å². The van der Waals surface area contributed by atoms with Gasteiger partial charge in [-0.25, -0.2) is 4.98 Å². The molecule has 0 spiro atoms. The van der Waals surface area contributed by atoms with Crippen LogP contribution in [0.25, 0.3) is 0 Å². The predicted molar refractivity (Wildman–Crippen MR) is 67.1 cm³/mol. The molecule has 1 aromatic heterocycles. The Labute approximate surface area is 102 Å². The second-order valence-electron chi connectivity index (χ2n) is 3.61. The minimum Gasteiger partial charge on any atom is -0.475 e. The Hall–Kier alpha value is -0.800. The summed E-state index contributed by atoms with van der Waals surface area (Å²) in [6.45, 7) is 5.77. The molecule has 0 radical (unpaired) electrons. The van der Waals surface area contributed by atoms with Gasteiger partial charge in [-0.15, -0.1) is 0 Å². The number of ether oxygens (including phenoxy) is 1. The van der Waals surface area contributed by atoms with Crippen LogP contribution < -0.4 is 10.1 Å². The molecule has 4 heteroatoms. The van der Waals surface area contributed by atoms with Crippen molar-refractivity contribution in [1.29, 1.82) is 0 Å². The van der Waals surface area contributed by atoms with Gasteiger partial charge in [0.1, 0.15) is 11.6 Å². The van der Waals surface area contributed by atoms with Crippen LogP contribution in [0.1, 0.15) is 26.7 Å². The molecule has 0 aliphatic carbocycles. The third-order valence-electron chi connectivity index (χ3n) is 2.48. The van der Waals surface area contributed by atoms with Gasteiger partial charge >= 0.3 is 0 Å². The van der Waals surface area contributed by atoms with Gasteiger partial charge in [0.25, 0.3) is 0 Å². The lowest BCUT2D eigenvalue weighted by atomic mass is 10.2. The van der Waals surface area contributed by atoms with Crippen LogP contribution in [0.3, 0.4) is 0 Å². The highest BCUT2D eigenvalue weighted by Crippen LogP contribution is 2.19. The van der Waals surface area contributed by atoms with E-state index in [0.717, 1.165) is 19.4 Å². The van der Waals surface area contributed by atoms with E-state index in [1.54, 1.807) is 18.3 Å². The second-order valence-corrected chi connectivity index (χ2v) is 4.01. The molecule has 0 aliphatic rings. The van der Waals surface area contributed by atoms with E-state index in [-0.39, 0.29) is 0 Å². The Morgan fingerprint density at radius 3 is 2.81 bits per heavy atom. The van der Waals surface area contributed by atoms with E-state index in [4.69, 9.17) is 16.3 Å². The zero-order chi connectivity index (χ0) is 11.8. The summed E-state index contributed by atoms with van der Waals surface area (Å²) >= 11 is 5.91. The zero-order valence-corrected chi connectivity index (χ0v) is 10.6. The topological polar surface area (TPSA) is 34.1 Å². The van der Waals surface area contributed by atoms with E-state index in [2.05, 4.69) is 24.1 Å². The van der Waals surface area contributed by atoms with E-state index in [9.17, 15) is 0 Å². The SMILES string of the molecule is CCC(CC)NCCOc1ncccc1Cl. The molecule has 90 valence electrons. The van der Waals surface area contributed by atoms with Crippen LogP contribution >= 0.6 is 11.6 Å². The first-order chi connectivity index (χ1) is 7.77. The normalized spacial score (nSPS) is 10.8. The molecule has 0 aromatic carbocycles. The van der Waals surface area contributed by atoms with Crippen molar-refractivity contribution >= 4 is 11.6 Å². The minimum absolute atomic E-state index is 0.510. The molecule has 0 atom stereocenters. The molecule has 1 N–H and O–H groups in total. The maximum absolute atomic E-state index is 5.91. The van der Waals surface area contributed by atoms with Crippen molar-refractivity contribution in [3.8, 4) is 5.88 Å². The number of nitrogens with zero attached hydrogens (tertiary/aromatic N) is 1. The predicted octanol–water partition coefficient (Wildman–Crippen LogP) is 2.89. The van der Waals surface area contributed by atoms with Gasteiger partial charge in [-0.2, -0.15) is 0 Å². The molecule has 0 fully saturated rings. The molecule has 0 bridgehead atoms. The third-order valence-corrected chi connectivity index (χ3v) is 2.77. The van der Waals surface area contributed by atoms with Crippen molar-refractivity contribution in [2.24, 2.45) is 0 Å². The van der Waals surface area contributed by atoms with Crippen molar-refractivity contribution in [3.05, 3.63) is 23.4 Å². The Balaban J connectivity index is 2.23. The number of nitrogens with one attached hydrogen (secondary N) is 1. The Bertz CT molecular complexity index is 303. The van der Waals surface area contributed by atoms with Crippen LogP contribution in [0.2, 0.25) is 5.02 Å². The zero-order valence-electron chi connectivity index (χ0n) is 9.87. The first kappa shape index (κ1) is 13.3. The fraction of sp³-hybridized carbons (Fsp3) is 0.583. The van der Waals surface area contributed by atoms with E-state index in [0.29, 0.717) is 23.6 Å². The maximum Gasteiger partial charge on any atom is 0.232 e. The molecular formula is C12H19ClN2O. The van der Waals surface area contributed by atoms with Crippen LogP contribution in [0.15, 0.2) is 18.3 Å². The van der Waals surface area contributed by atoms with Crippen molar-refractivity contribution in [2.45, 2.75) is 32.7 Å². The molecule has 16 heavy (non-hydrogen) atoms. The first-order valence-electron chi connectivity index (χ1n) is 5.74. The lowest BCUT2D eigenvalue weighted by Crippen LogP contribution is -2.31. The van der Waals surface area contributed by atoms with Crippen LogP contribution in [0.4, 0.5) is 0 Å². The largest absolute Gasteiger partial charge is 0.475 e. The summed E-state index contributed by atoms with van der Waals surface area (Å²) < 4.78 is 5.47. The Morgan fingerprint density at radius 2 is 2.19 bits per heavy atom. The highest BCUT2D eigenvalue weighted by molar-refractivity contribution is 6.31. The quantitative estimate of drug-likeness (QED) is 0.747. The van der Waals surface area contributed by atoms with Gasteiger partial charge in [-0.3, -0.25) is 0 Å². The molecule has 0 aliphatic heterocycles. The van der Waals surface area contributed by atoms with Gasteiger partial charge in [0.2, 0.25) is 5.88 Å². The Kier molecular flexibility index (Phi) is 6.19. The van der Waals surface area contributed by atoms with Crippen LogP contribution in [0.5, 0.6) is 5.88 Å². The van der Waals surface area contributed by atoms with Crippen molar-refractivity contribution in [2.75, 3.05) is 13.2 Å². The number of hydrogen-bond donors (Lipinski definition) is 1. The molecule has 1 rings (SSSR count). The summed E-state index contributed by atoms with van der Waals surface area (Å²) in [7, 11) is 0. The number of pyridine rings is 1. The van der Waals surface area contributed by atoms with Gasteiger partial charge in [-0.05, 0) is 25.0 Å². The van der Waals surface area contributed by atoms with Crippen LogP contribution in [-0.4, -0.2) is 24.2 Å². The molecule has 0 amide bonds. The molecule has 1 aromatic rings. The Morgan fingerprint density at radius 1 is 1.44 bits per heavy atom. The highest BCUT2D eigenvalue weighted by atomic mass is 35.5. The van der Waals surface area contributed by atoms with E-state index in [1.807, 2.05) is 0 Å². The monoisotopic (exact) mass is 242 g/mol. The van der Waals surface area contributed by atoms with Gasteiger partial charge < -0.3 is 10.1 Å². The molecular weight excluding hydrogens is 224 g/mol. The lowest BCUT2D eigenvalue weighted by Gasteiger charge is -2.14. The van der Waals surface area contributed by atoms with Crippen LogP contribution in [-0.2, 0) is 0 Å². The van der Waals surface area contributed by atoms with E-state index < -0.39 is 0 Å². The summed E-state index contributed by atoms with van der Waals surface area (Å²) in [6.07, 6.45) is 3.96. The number of rotatable bonds is 7. The molecule has 3 nitrogen and oxygen atoms in total.